The molecular weight excluding hydrogens is 462 g/mol. The first-order valence-electron chi connectivity index (χ1n) is 11.6. The summed E-state index contributed by atoms with van der Waals surface area (Å²) in [7, 11) is 2.90. The number of Topliss-reactive ketones (excluding diaryl/α,β-unsaturated/α-hetero) is 1. The Morgan fingerprint density at radius 3 is 2.36 bits per heavy atom. The SMILES string of the molecule is COC(=O)c1ccc(CC2C(=O)C3=C(C=CN(C(=O)NCc4ccc(OC)cc4)C3)C(C)N2[O-])cc1. The van der Waals surface area contributed by atoms with Gasteiger partial charge in [0.1, 0.15) is 5.75 Å². The Labute approximate surface area is 209 Å². The Morgan fingerprint density at radius 1 is 1.06 bits per heavy atom. The van der Waals surface area contributed by atoms with Gasteiger partial charge in [0.2, 0.25) is 0 Å². The molecule has 9 nitrogen and oxygen atoms in total. The summed E-state index contributed by atoms with van der Waals surface area (Å²) in [5.74, 6) is -0.0224. The second-order valence-corrected chi connectivity index (χ2v) is 8.69. The van der Waals surface area contributed by atoms with Gasteiger partial charge in [-0.2, -0.15) is 0 Å². The van der Waals surface area contributed by atoms with Gasteiger partial charge in [0.05, 0.1) is 32.4 Å². The van der Waals surface area contributed by atoms with Gasteiger partial charge >= 0.3 is 12.0 Å². The summed E-state index contributed by atoms with van der Waals surface area (Å²) in [5.41, 5.74) is 3.15. The zero-order chi connectivity index (χ0) is 25.8. The van der Waals surface area contributed by atoms with Crippen molar-refractivity contribution in [2.45, 2.75) is 32.0 Å². The van der Waals surface area contributed by atoms with Crippen LogP contribution >= 0.6 is 0 Å². The highest BCUT2D eigenvalue weighted by Crippen LogP contribution is 2.31. The van der Waals surface area contributed by atoms with Crippen LogP contribution in [-0.2, 0) is 22.5 Å². The van der Waals surface area contributed by atoms with E-state index < -0.39 is 18.1 Å². The van der Waals surface area contributed by atoms with Gasteiger partial charge in [-0.05, 0) is 60.4 Å². The molecule has 0 saturated carbocycles. The number of amides is 2. The molecule has 2 heterocycles. The van der Waals surface area contributed by atoms with Crippen LogP contribution in [0.3, 0.4) is 0 Å². The molecular formula is C27H28N3O6-. The summed E-state index contributed by atoms with van der Waals surface area (Å²) in [6.45, 7) is 2.17. The summed E-state index contributed by atoms with van der Waals surface area (Å²) < 4.78 is 9.85. The molecule has 188 valence electrons. The number of hydroxylamine groups is 2. The Hall–Kier alpha value is -3.95. The van der Waals surface area contributed by atoms with Crippen molar-refractivity contribution < 1.29 is 23.9 Å². The van der Waals surface area contributed by atoms with E-state index in [-0.39, 0.29) is 24.8 Å². The second kappa shape index (κ2) is 10.8. The lowest BCUT2D eigenvalue weighted by Crippen LogP contribution is -2.52. The Morgan fingerprint density at radius 2 is 1.72 bits per heavy atom. The summed E-state index contributed by atoms with van der Waals surface area (Å²) in [4.78, 5) is 39.3. The molecule has 2 aromatic carbocycles. The van der Waals surface area contributed by atoms with Crippen LogP contribution in [0.15, 0.2) is 72.0 Å². The van der Waals surface area contributed by atoms with E-state index in [0.717, 1.165) is 21.9 Å². The fourth-order valence-corrected chi connectivity index (χ4v) is 4.38. The number of hydrogen-bond acceptors (Lipinski definition) is 7. The van der Waals surface area contributed by atoms with Crippen LogP contribution in [0.2, 0.25) is 0 Å². The molecule has 9 heteroatoms. The molecule has 0 saturated heterocycles. The molecule has 2 aromatic rings. The molecule has 1 N–H and O–H groups in total. The van der Waals surface area contributed by atoms with Crippen LogP contribution in [0, 0.1) is 5.21 Å². The Balaban J connectivity index is 1.43. The van der Waals surface area contributed by atoms with Gasteiger partial charge in [0.25, 0.3) is 0 Å². The predicted octanol–water partition coefficient (Wildman–Crippen LogP) is 3.20. The van der Waals surface area contributed by atoms with Crippen LogP contribution in [0.5, 0.6) is 5.75 Å². The van der Waals surface area contributed by atoms with Crippen molar-refractivity contribution in [1.29, 1.82) is 0 Å². The molecule has 0 radical (unpaired) electrons. The molecule has 36 heavy (non-hydrogen) atoms. The van der Waals surface area contributed by atoms with Crippen LogP contribution < -0.4 is 10.1 Å². The molecule has 0 spiro atoms. The number of urea groups is 1. The Kier molecular flexibility index (Phi) is 7.52. The molecule has 2 aliphatic heterocycles. The molecule has 2 amide bonds. The molecule has 4 rings (SSSR count). The average molecular weight is 491 g/mol. The van der Waals surface area contributed by atoms with E-state index in [1.165, 1.54) is 12.0 Å². The van der Waals surface area contributed by atoms with Crippen molar-refractivity contribution in [2.24, 2.45) is 0 Å². The number of carbonyl (C=O) groups is 3. The molecule has 0 fully saturated rings. The van der Waals surface area contributed by atoms with E-state index >= 15 is 0 Å². The number of esters is 1. The average Bonchev–Trinajstić information content (AvgIpc) is 2.92. The second-order valence-electron chi connectivity index (χ2n) is 8.69. The van der Waals surface area contributed by atoms with E-state index in [9.17, 15) is 19.6 Å². The number of hydrogen-bond donors (Lipinski definition) is 1. The maximum absolute atomic E-state index is 13.4. The van der Waals surface area contributed by atoms with Crippen molar-refractivity contribution in [3.05, 3.63) is 93.9 Å². The zero-order valence-corrected chi connectivity index (χ0v) is 20.4. The fraction of sp³-hybridized carbons (Fsp3) is 0.296. The van der Waals surface area contributed by atoms with Gasteiger partial charge < -0.3 is 25.1 Å². The summed E-state index contributed by atoms with van der Waals surface area (Å²) in [5, 5.41) is 16.7. The van der Waals surface area contributed by atoms with Gasteiger partial charge in [-0.25, -0.2) is 9.59 Å². The summed E-state index contributed by atoms with van der Waals surface area (Å²) in [6.07, 6.45) is 3.46. The van der Waals surface area contributed by atoms with E-state index in [1.807, 2.05) is 24.3 Å². The van der Waals surface area contributed by atoms with Crippen molar-refractivity contribution >= 4 is 17.8 Å². The number of methoxy groups -OCH3 is 2. The third kappa shape index (κ3) is 5.17. The largest absolute Gasteiger partial charge is 0.784 e. The van der Waals surface area contributed by atoms with Gasteiger partial charge in [-0.1, -0.05) is 24.3 Å². The van der Waals surface area contributed by atoms with E-state index in [1.54, 1.807) is 50.6 Å². The zero-order valence-electron chi connectivity index (χ0n) is 20.4. The number of ether oxygens (including phenoxy) is 2. The van der Waals surface area contributed by atoms with Crippen molar-refractivity contribution in [1.82, 2.24) is 15.3 Å². The molecule has 0 bridgehead atoms. The smallest absolute Gasteiger partial charge is 0.337 e. The number of nitrogens with one attached hydrogen (secondary N) is 1. The number of carbonyl (C=O) groups excluding carboxylic acids is 3. The van der Waals surface area contributed by atoms with E-state index in [2.05, 4.69) is 5.32 Å². The quantitative estimate of drug-likeness (QED) is 0.619. The highest BCUT2D eigenvalue weighted by atomic mass is 16.5. The van der Waals surface area contributed by atoms with Crippen LogP contribution in [0.1, 0.15) is 28.4 Å². The molecule has 2 atom stereocenters. The topological polar surface area (TPSA) is 111 Å². The van der Waals surface area contributed by atoms with E-state index in [4.69, 9.17) is 9.47 Å². The first-order chi connectivity index (χ1) is 17.3. The minimum atomic E-state index is -0.918. The minimum Gasteiger partial charge on any atom is -0.784 e. The van der Waals surface area contributed by atoms with Crippen molar-refractivity contribution in [3.8, 4) is 5.75 Å². The monoisotopic (exact) mass is 490 g/mol. The van der Waals surface area contributed by atoms with Gasteiger partial charge in [0.15, 0.2) is 5.78 Å². The molecule has 0 aliphatic carbocycles. The maximum Gasteiger partial charge on any atom is 0.337 e. The highest BCUT2D eigenvalue weighted by molar-refractivity contribution is 6.03. The first-order valence-corrected chi connectivity index (χ1v) is 11.6. The summed E-state index contributed by atoms with van der Waals surface area (Å²) in [6, 6.07) is 12.2. The lowest BCUT2D eigenvalue weighted by Gasteiger charge is -2.47. The number of rotatable bonds is 6. The molecule has 2 unspecified atom stereocenters. The third-order valence-electron chi connectivity index (χ3n) is 6.52. The number of nitrogens with zero attached hydrogens (tertiary/aromatic N) is 2. The normalized spacial score (nSPS) is 19.7. The maximum atomic E-state index is 13.4. The summed E-state index contributed by atoms with van der Waals surface area (Å²) >= 11 is 0. The van der Waals surface area contributed by atoms with E-state index in [0.29, 0.717) is 23.3 Å². The molecule has 0 aromatic heterocycles. The first kappa shape index (κ1) is 25.2. The molecule has 2 aliphatic rings. The lowest BCUT2D eigenvalue weighted by molar-refractivity contribution is -0.121. The van der Waals surface area contributed by atoms with Crippen molar-refractivity contribution in [3.63, 3.8) is 0 Å². The lowest BCUT2D eigenvalue weighted by atomic mass is 9.85. The van der Waals surface area contributed by atoms with Crippen LogP contribution in [-0.4, -0.2) is 60.6 Å². The Bertz CT molecular complexity index is 1200. The standard InChI is InChI=1S/C27H28N3O6/c1-17-22-12-13-29(27(33)28-15-19-6-10-21(35-2)11-7-19)16-23(22)25(31)24(30(17)34)14-18-4-8-20(9-5-18)26(32)36-3/h4-13,17,24H,14-16H2,1-3H3,(H,28,33)/q-1. The van der Waals surface area contributed by atoms with Gasteiger partial charge in [0, 0.05) is 24.4 Å². The van der Waals surface area contributed by atoms with Crippen molar-refractivity contribution in [2.75, 3.05) is 20.8 Å². The number of ketones is 1. The van der Waals surface area contributed by atoms with Gasteiger partial charge in [-0.15, -0.1) is 0 Å². The fourth-order valence-electron chi connectivity index (χ4n) is 4.38. The van der Waals surface area contributed by atoms with Crippen LogP contribution in [0.25, 0.3) is 0 Å². The number of benzene rings is 2. The van der Waals surface area contributed by atoms with Crippen LogP contribution in [0.4, 0.5) is 4.79 Å². The minimum absolute atomic E-state index is 0.0923. The third-order valence-corrected chi connectivity index (χ3v) is 6.52. The highest BCUT2D eigenvalue weighted by Gasteiger charge is 2.37. The van der Waals surface area contributed by atoms with Gasteiger partial charge in [-0.3, -0.25) is 9.69 Å². The predicted molar refractivity (Wildman–Crippen MR) is 133 cm³/mol.